The van der Waals surface area contributed by atoms with Crippen LogP contribution in [0.1, 0.15) is 65.5 Å². The minimum Gasteiger partial charge on any atom is -0.478 e. The fourth-order valence-electron chi connectivity index (χ4n) is 4.51. The second-order valence-electron chi connectivity index (χ2n) is 9.55. The number of hydrogen-bond donors (Lipinski definition) is 4. The number of hydrogen-bond acceptors (Lipinski definition) is 4. The lowest BCUT2D eigenvalue weighted by atomic mass is 9.88. The van der Waals surface area contributed by atoms with Gasteiger partial charge in [0.2, 0.25) is 0 Å². The smallest absolute Gasteiger partial charge is 0.337 e. The van der Waals surface area contributed by atoms with Crippen molar-refractivity contribution < 1.29 is 15.0 Å². The third-order valence-corrected chi connectivity index (χ3v) is 6.40. The number of pyridine rings is 1. The van der Waals surface area contributed by atoms with Crippen LogP contribution in [0.25, 0.3) is 22.5 Å². The number of fused-ring (bicyclic) bond motifs is 3. The Balaban J connectivity index is 1.53. The van der Waals surface area contributed by atoms with Gasteiger partial charge in [0.15, 0.2) is 0 Å². The molecule has 1 unspecified atom stereocenters. The second kappa shape index (κ2) is 7.87. The van der Waals surface area contributed by atoms with Gasteiger partial charge in [-0.1, -0.05) is 24.0 Å². The lowest BCUT2D eigenvalue weighted by Crippen LogP contribution is -2.17. The predicted molar refractivity (Wildman–Crippen MR) is 127 cm³/mol. The summed E-state index contributed by atoms with van der Waals surface area (Å²) in [6.07, 6.45) is 5.39. The molecule has 1 saturated carbocycles. The van der Waals surface area contributed by atoms with Gasteiger partial charge in [0.25, 0.3) is 0 Å². The number of nitrogens with zero attached hydrogens (tertiary/aromatic N) is 1. The van der Waals surface area contributed by atoms with Gasteiger partial charge >= 0.3 is 5.97 Å². The van der Waals surface area contributed by atoms with E-state index < -0.39 is 11.6 Å². The zero-order valence-corrected chi connectivity index (χ0v) is 18.8. The number of rotatable bonds is 4. The van der Waals surface area contributed by atoms with E-state index in [9.17, 15) is 15.0 Å². The maximum absolute atomic E-state index is 12.1. The highest BCUT2D eigenvalue weighted by Gasteiger charge is 2.36. The summed E-state index contributed by atoms with van der Waals surface area (Å²) in [4.78, 5) is 20.2. The average molecular weight is 442 g/mol. The Labute approximate surface area is 192 Å². The summed E-state index contributed by atoms with van der Waals surface area (Å²) in [7, 11) is 0. The Kier molecular flexibility index (Phi) is 5.12. The third-order valence-electron chi connectivity index (χ3n) is 6.40. The van der Waals surface area contributed by atoms with Gasteiger partial charge in [-0.15, -0.1) is 0 Å². The Morgan fingerprint density at radius 2 is 1.97 bits per heavy atom. The van der Waals surface area contributed by atoms with Crippen molar-refractivity contribution in [2.24, 2.45) is 11.7 Å². The number of carboxylic acid groups (broad SMARTS) is 1. The van der Waals surface area contributed by atoms with E-state index in [-0.39, 0.29) is 6.04 Å². The largest absolute Gasteiger partial charge is 0.478 e. The van der Waals surface area contributed by atoms with E-state index in [1.165, 1.54) is 0 Å². The van der Waals surface area contributed by atoms with Crippen LogP contribution >= 0.6 is 0 Å². The van der Waals surface area contributed by atoms with Gasteiger partial charge in [-0.25, -0.2) is 4.79 Å². The van der Waals surface area contributed by atoms with Crippen molar-refractivity contribution in [2.45, 2.75) is 51.2 Å². The molecular weight excluding hydrogens is 414 g/mol. The Hall–Kier alpha value is -3.40. The van der Waals surface area contributed by atoms with Gasteiger partial charge in [-0.05, 0) is 74.8 Å². The van der Waals surface area contributed by atoms with Gasteiger partial charge in [-0.3, -0.25) is 4.98 Å². The number of carboxylic acids is 1. The topological polar surface area (TPSA) is 112 Å². The molecule has 2 aliphatic rings. The van der Waals surface area contributed by atoms with Crippen molar-refractivity contribution in [3.8, 4) is 34.4 Å². The molecule has 3 aromatic rings. The molecule has 6 nitrogen and oxygen atoms in total. The average Bonchev–Trinajstić information content (AvgIpc) is 3.55. The van der Waals surface area contributed by atoms with Crippen LogP contribution in [-0.2, 0) is 12.8 Å². The van der Waals surface area contributed by atoms with E-state index in [1.807, 2.05) is 36.5 Å². The fourth-order valence-corrected chi connectivity index (χ4v) is 4.51. The Morgan fingerprint density at radius 1 is 1.24 bits per heavy atom. The highest BCUT2D eigenvalue weighted by molar-refractivity contribution is 5.95. The number of aromatic amines is 1. The van der Waals surface area contributed by atoms with Crippen molar-refractivity contribution >= 4 is 5.97 Å². The summed E-state index contributed by atoms with van der Waals surface area (Å²) in [6, 6.07) is 9.48. The van der Waals surface area contributed by atoms with E-state index in [0.29, 0.717) is 23.6 Å². The van der Waals surface area contributed by atoms with Crippen LogP contribution in [-0.4, -0.2) is 31.8 Å². The first-order chi connectivity index (χ1) is 15.7. The summed E-state index contributed by atoms with van der Waals surface area (Å²) in [5.41, 5.74) is 12.7. The van der Waals surface area contributed by atoms with Gasteiger partial charge in [0.1, 0.15) is 5.60 Å². The first-order valence-corrected chi connectivity index (χ1v) is 11.3. The van der Waals surface area contributed by atoms with Crippen LogP contribution in [0, 0.1) is 17.8 Å². The molecule has 5 rings (SSSR count). The fraction of sp³-hybridized carbons (Fsp3) is 0.333. The van der Waals surface area contributed by atoms with Crippen molar-refractivity contribution in [1.82, 2.24) is 9.97 Å². The van der Waals surface area contributed by atoms with E-state index >= 15 is 0 Å². The molecule has 0 amide bonds. The van der Waals surface area contributed by atoms with Crippen LogP contribution in [0.3, 0.4) is 0 Å². The SMILES string of the molecule is CC(C)(O)C#Cc1ccc(-c2cc3c(cn2)CCc2c-3[nH]c(C(N)C3CC3)c2C(=O)O)cc1. The number of aryl methyl sites for hydroxylation is 1. The van der Waals surface area contributed by atoms with Gasteiger partial charge < -0.3 is 20.9 Å². The maximum Gasteiger partial charge on any atom is 0.337 e. The molecule has 0 spiro atoms. The molecule has 0 radical (unpaired) electrons. The highest BCUT2D eigenvalue weighted by atomic mass is 16.4. The Morgan fingerprint density at radius 3 is 2.61 bits per heavy atom. The number of aromatic carboxylic acids is 1. The van der Waals surface area contributed by atoms with Crippen LogP contribution in [0.5, 0.6) is 0 Å². The molecule has 0 aliphatic heterocycles. The molecule has 1 aromatic carbocycles. The van der Waals surface area contributed by atoms with Crippen LogP contribution in [0.15, 0.2) is 36.5 Å². The van der Waals surface area contributed by atoms with Crippen LogP contribution in [0.2, 0.25) is 0 Å². The zero-order chi connectivity index (χ0) is 23.3. The summed E-state index contributed by atoms with van der Waals surface area (Å²) in [5, 5.41) is 19.7. The molecule has 1 atom stereocenters. The molecule has 33 heavy (non-hydrogen) atoms. The van der Waals surface area contributed by atoms with Gasteiger partial charge in [-0.2, -0.15) is 0 Å². The van der Waals surface area contributed by atoms with Crippen molar-refractivity contribution in [3.05, 3.63) is 64.5 Å². The third kappa shape index (κ3) is 4.18. The summed E-state index contributed by atoms with van der Waals surface area (Å²) in [5.74, 6) is 5.23. The van der Waals surface area contributed by atoms with Gasteiger partial charge in [0.05, 0.1) is 17.0 Å². The molecule has 5 N–H and O–H groups in total. The molecule has 2 aromatic heterocycles. The van der Waals surface area contributed by atoms with Crippen molar-refractivity contribution in [3.63, 3.8) is 0 Å². The molecule has 0 bridgehead atoms. The highest BCUT2D eigenvalue weighted by Crippen LogP contribution is 2.44. The maximum atomic E-state index is 12.1. The monoisotopic (exact) mass is 441 g/mol. The molecule has 2 aliphatic carbocycles. The number of nitrogens with one attached hydrogen (secondary N) is 1. The van der Waals surface area contributed by atoms with Gasteiger partial charge in [0, 0.05) is 34.6 Å². The number of aliphatic hydroxyl groups is 1. The lowest BCUT2D eigenvalue weighted by Gasteiger charge is -2.17. The Bertz CT molecular complexity index is 1300. The van der Waals surface area contributed by atoms with Crippen LogP contribution in [0.4, 0.5) is 0 Å². The number of aromatic nitrogens is 2. The minimum absolute atomic E-state index is 0.274. The van der Waals surface area contributed by atoms with E-state index in [4.69, 9.17) is 5.73 Å². The summed E-state index contributed by atoms with van der Waals surface area (Å²) >= 11 is 0. The standard InChI is InChI=1S/C27H27N3O3/c1-27(2,33)12-11-15-3-5-16(6-4-15)21-13-20-18(14-29-21)9-10-19-22(26(31)32)25(30-24(19)20)23(28)17-7-8-17/h3-6,13-14,17,23,30,33H,7-10,28H2,1-2H3,(H,31,32). The first-order valence-electron chi connectivity index (χ1n) is 11.3. The van der Waals surface area contributed by atoms with E-state index in [1.54, 1.807) is 13.8 Å². The second-order valence-corrected chi connectivity index (χ2v) is 9.55. The summed E-state index contributed by atoms with van der Waals surface area (Å²) in [6.45, 7) is 3.30. The van der Waals surface area contributed by atoms with Crippen LogP contribution < -0.4 is 5.73 Å². The van der Waals surface area contributed by atoms with E-state index in [0.717, 1.165) is 58.5 Å². The molecule has 0 saturated heterocycles. The van der Waals surface area contributed by atoms with E-state index in [2.05, 4.69) is 21.8 Å². The molecular formula is C27H27N3O3. The summed E-state index contributed by atoms with van der Waals surface area (Å²) < 4.78 is 0. The molecule has 2 heterocycles. The van der Waals surface area contributed by atoms with Crippen molar-refractivity contribution in [1.29, 1.82) is 0 Å². The number of H-pyrrole nitrogens is 1. The number of nitrogens with two attached hydrogens (primary N) is 1. The zero-order valence-electron chi connectivity index (χ0n) is 18.8. The molecule has 6 heteroatoms. The minimum atomic E-state index is -1.04. The lowest BCUT2D eigenvalue weighted by molar-refractivity contribution is 0.0694. The normalized spacial score (nSPS) is 15.8. The van der Waals surface area contributed by atoms with Crippen molar-refractivity contribution in [2.75, 3.05) is 0 Å². The predicted octanol–water partition coefficient (Wildman–Crippen LogP) is 4.07. The quantitative estimate of drug-likeness (QED) is 0.456. The first kappa shape index (κ1) is 21.4. The number of benzene rings is 1. The molecule has 1 fully saturated rings. The molecule has 168 valence electrons. The number of carbonyl (C=O) groups is 1.